The molecule has 3 unspecified atom stereocenters. The highest BCUT2D eigenvalue weighted by atomic mass is 16.2. The summed E-state index contributed by atoms with van der Waals surface area (Å²) in [6.07, 6.45) is 5.74. The maximum absolute atomic E-state index is 12.4. The molecule has 0 bridgehead atoms. The Morgan fingerprint density at radius 2 is 1.95 bits per heavy atom. The zero-order chi connectivity index (χ0) is 13.9. The average molecular weight is 272 g/mol. The van der Waals surface area contributed by atoms with Gasteiger partial charge in [0.1, 0.15) is 0 Å². The van der Waals surface area contributed by atoms with Crippen LogP contribution in [0.1, 0.15) is 43.7 Å². The minimum Gasteiger partial charge on any atom is -0.352 e. The number of benzene rings is 1. The third kappa shape index (κ3) is 2.88. The lowest BCUT2D eigenvalue weighted by molar-refractivity contribution is -0.124. The van der Waals surface area contributed by atoms with E-state index in [-0.39, 0.29) is 11.9 Å². The number of fused-ring (bicyclic) bond motifs is 1. The van der Waals surface area contributed by atoms with Crippen LogP contribution in [0.25, 0.3) is 0 Å². The summed E-state index contributed by atoms with van der Waals surface area (Å²) in [5.74, 6) is 0.793. The third-order valence-corrected chi connectivity index (χ3v) is 4.84. The summed E-state index contributed by atoms with van der Waals surface area (Å²) < 4.78 is 0. The molecule has 3 atom stereocenters. The molecule has 0 radical (unpaired) electrons. The van der Waals surface area contributed by atoms with E-state index in [1.807, 2.05) is 0 Å². The van der Waals surface area contributed by atoms with E-state index < -0.39 is 0 Å². The van der Waals surface area contributed by atoms with Crippen LogP contribution < -0.4 is 10.6 Å². The first-order valence-electron chi connectivity index (χ1n) is 7.84. The van der Waals surface area contributed by atoms with E-state index in [0.29, 0.717) is 12.0 Å². The first-order valence-corrected chi connectivity index (χ1v) is 7.84. The monoisotopic (exact) mass is 272 g/mol. The molecule has 1 fully saturated rings. The number of carbonyl (C=O) groups excluding carboxylic acids is 1. The van der Waals surface area contributed by atoms with Crippen LogP contribution in [0.3, 0.4) is 0 Å². The molecule has 2 N–H and O–H groups in total. The summed E-state index contributed by atoms with van der Waals surface area (Å²) in [6.45, 7) is 3.06. The van der Waals surface area contributed by atoms with Crippen molar-refractivity contribution < 1.29 is 4.79 Å². The van der Waals surface area contributed by atoms with Gasteiger partial charge in [-0.2, -0.15) is 0 Å². The molecular weight excluding hydrogens is 248 g/mol. The summed E-state index contributed by atoms with van der Waals surface area (Å²) in [4.78, 5) is 12.4. The molecular formula is C17H24N2O. The van der Waals surface area contributed by atoms with Crippen molar-refractivity contribution in [1.29, 1.82) is 0 Å². The molecule has 1 amide bonds. The van der Waals surface area contributed by atoms with Gasteiger partial charge in [0.2, 0.25) is 5.91 Å². The molecule has 1 saturated carbocycles. The molecule has 1 heterocycles. The van der Waals surface area contributed by atoms with Crippen LogP contribution in [-0.2, 0) is 17.8 Å². The Labute approximate surface area is 121 Å². The highest BCUT2D eigenvalue weighted by Gasteiger charge is 2.28. The van der Waals surface area contributed by atoms with Crippen molar-refractivity contribution in [1.82, 2.24) is 10.6 Å². The second kappa shape index (κ2) is 5.96. The largest absolute Gasteiger partial charge is 0.352 e. The van der Waals surface area contributed by atoms with Gasteiger partial charge < -0.3 is 10.6 Å². The fourth-order valence-electron chi connectivity index (χ4n) is 3.45. The summed E-state index contributed by atoms with van der Waals surface area (Å²) in [5, 5.41) is 6.64. The minimum atomic E-state index is -0.0703. The predicted octanol–water partition coefficient (Wildman–Crippen LogP) is 2.40. The summed E-state index contributed by atoms with van der Waals surface area (Å²) >= 11 is 0. The molecule has 1 aromatic carbocycles. The lowest BCUT2D eigenvalue weighted by Crippen LogP contribution is -2.52. The van der Waals surface area contributed by atoms with Crippen LogP contribution in [0.2, 0.25) is 0 Å². The normalized spacial score (nSPS) is 29.6. The summed E-state index contributed by atoms with van der Waals surface area (Å²) in [6, 6.07) is 8.70. The Morgan fingerprint density at radius 3 is 2.75 bits per heavy atom. The second-order valence-electron chi connectivity index (χ2n) is 6.28. The van der Waals surface area contributed by atoms with Gasteiger partial charge in [-0.3, -0.25) is 4.79 Å². The number of carbonyl (C=O) groups is 1. The highest BCUT2D eigenvalue weighted by Crippen LogP contribution is 2.24. The Hall–Kier alpha value is -1.35. The standard InChI is InChI=1S/C17H24N2O/c1-12-6-2-5-9-15(12)19-17(20)16-10-13-7-3-4-8-14(13)11-18-16/h3-4,7-8,12,15-16,18H,2,5-6,9-11H2,1H3,(H,19,20). The molecule has 0 spiro atoms. The van der Waals surface area contributed by atoms with Crippen molar-refractivity contribution in [2.75, 3.05) is 0 Å². The van der Waals surface area contributed by atoms with Gasteiger partial charge in [-0.05, 0) is 36.3 Å². The number of hydrogen-bond donors (Lipinski definition) is 2. The molecule has 1 aliphatic heterocycles. The summed E-state index contributed by atoms with van der Waals surface area (Å²) in [7, 11) is 0. The lowest BCUT2D eigenvalue weighted by atomic mass is 9.85. The van der Waals surface area contributed by atoms with Gasteiger partial charge in [0.25, 0.3) is 0 Å². The van der Waals surface area contributed by atoms with E-state index in [1.165, 1.54) is 30.4 Å². The third-order valence-electron chi connectivity index (χ3n) is 4.84. The highest BCUT2D eigenvalue weighted by molar-refractivity contribution is 5.82. The van der Waals surface area contributed by atoms with Gasteiger partial charge >= 0.3 is 0 Å². The first-order chi connectivity index (χ1) is 9.74. The Kier molecular flexibility index (Phi) is 4.06. The van der Waals surface area contributed by atoms with Gasteiger partial charge in [0.05, 0.1) is 6.04 Å². The van der Waals surface area contributed by atoms with Crippen LogP contribution >= 0.6 is 0 Å². The Balaban J connectivity index is 1.61. The van der Waals surface area contributed by atoms with Crippen molar-refractivity contribution in [3.8, 4) is 0 Å². The SMILES string of the molecule is CC1CCCCC1NC(=O)C1Cc2ccccc2CN1. The number of hydrogen-bond acceptors (Lipinski definition) is 2. The Bertz CT molecular complexity index is 486. The first kappa shape index (κ1) is 13.6. The van der Waals surface area contributed by atoms with E-state index in [2.05, 4.69) is 41.8 Å². The van der Waals surface area contributed by atoms with Crippen molar-refractivity contribution in [3.05, 3.63) is 35.4 Å². The van der Waals surface area contributed by atoms with Crippen molar-refractivity contribution in [2.45, 2.75) is 57.7 Å². The summed E-state index contributed by atoms with van der Waals surface area (Å²) in [5.41, 5.74) is 2.63. The van der Waals surface area contributed by atoms with Crippen LogP contribution in [0, 0.1) is 5.92 Å². The fourth-order valence-corrected chi connectivity index (χ4v) is 3.45. The molecule has 1 aliphatic carbocycles. The van der Waals surface area contributed by atoms with E-state index in [4.69, 9.17) is 0 Å². The zero-order valence-electron chi connectivity index (χ0n) is 12.2. The molecule has 0 aromatic heterocycles. The number of amides is 1. The number of rotatable bonds is 2. The van der Waals surface area contributed by atoms with Crippen molar-refractivity contribution >= 4 is 5.91 Å². The topological polar surface area (TPSA) is 41.1 Å². The van der Waals surface area contributed by atoms with Gasteiger partial charge in [-0.1, -0.05) is 44.0 Å². The van der Waals surface area contributed by atoms with E-state index in [0.717, 1.165) is 19.4 Å². The molecule has 3 rings (SSSR count). The zero-order valence-corrected chi connectivity index (χ0v) is 12.2. The van der Waals surface area contributed by atoms with Crippen molar-refractivity contribution in [2.24, 2.45) is 5.92 Å². The van der Waals surface area contributed by atoms with Gasteiger partial charge in [0, 0.05) is 12.6 Å². The van der Waals surface area contributed by atoms with E-state index >= 15 is 0 Å². The van der Waals surface area contributed by atoms with Crippen molar-refractivity contribution in [3.63, 3.8) is 0 Å². The molecule has 2 aliphatic rings. The van der Waals surface area contributed by atoms with Gasteiger partial charge in [-0.15, -0.1) is 0 Å². The van der Waals surface area contributed by atoms with E-state index in [9.17, 15) is 4.79 Å². The van der Waals surface area contributed by atoms with Crippen LogP contribution in [-0.4, -0.2) is 18.0 Å². The fraction of sp³-hybridized carbons (Fsp3) is 0.588. The second-order valence-corrected chi connectivity index (χ2v) is 6.28. The molecule has 108 valence electrons. The quantitative estimate of drug-likeness (QED) is 0.868. The van der Waals surface area contributed by atoms with Crippen LogP contribution in [0.4, 0.5) is 0 Å². The van der Waals surface area contributed by atoms with E-state index in [1.54, 1.807) is 0 Å². The van der Waals surface area contributed by atoms with Crippen LogP contribution in [0.15, 0.2) is 24.3 Å². The lowest BCUT2D eigenvalue weighted by Gasteiger charge is -2.32. The molecule has 3 heteroatoms. The maximum Gasteiger partial charge on any atom is 0.237 e. The smallest absolute Gasteiger partial charge is 0.237 e. The minimum absolute atomic E-state index is 0.0703. The molecule has 0 saturated heterocycles. The van der Waals surface area contributed by atoms with Crippen LogP contribution in [0.5, 0.6) is 0 Å². The Morgan fingerprint density at radius 1 is 1.20 bits per heavy atom. The predicted molar refractivity (Wildman–Crippen MR) is 80.3 cm³/mol. The van der Waals surface area contributed by atoms with Gasteiger partial charge in [0.15, 0.2) is 0 Å². The molecule has 1 aromatic rings. The average Bonchev–Trinajstić information content (AvgIpc) is 2.49. The maximum atomic E-state index is 12.4. The number of nitrogens with one attached hydrogen (secondary N) is 2. The van der Waals surface area contributed by atoms with Gasteiger partial charge in [-0.25, -0.2) is 0 Å². The molecule has 20 heavy (non-hydrogen) atoms. The molecule has 3 nitrogen and oxygen atoms in total.